The summed E-state index contributed by atoms with van der Waals surface area (Å²) in [6, 6.07) is 33.2. The molecule has 2 aromatic heterocycles. The number of para-hydroxylation sites is 2. The van der Waals surface area contributed by atoms with E-state index in [-0.39, 0.29) is 11.2 Å². The van der Waals surface area contributed by atoms with Gasteiger partial charge in [-0.3, -0.25) is 4.57 Å². The van der Waals surface area contributed by atoms with E-state index in [1.54, 1.807) is 6.07 Å². The lowest BCUT2D eigenvalue weighted by atomic mass is 9.86. The first kappa shape index (κ1) is 29.4. The van der Waals surface area contributed by atoms with Gasteiger partial charge in [0, 0.05) is 17.3 Å². The summed E-state index contributed by atoms with van der Waals surface area (Å²) in [6.07, 6.45) is 2.19. The summed E-state index contributed by atoms with van der Waals surface area (Å²) in [6.45, 7) is 15.6. The highest BCUT2D eigenvalue weighted by Crippen LogP contribution is 2.39. The van der Waals surface area contributed by atoms with Gasteiger partial charge in [0.25, 0.3) is 0 Å². The van der Waals surface area contributed by atoms with E-state index in [4.69, 9.17) is 9.97 Å². The zero-order chi connectivity index (χ0) is 31.2. The molecule has 4 aromatic carbocycles. The Labute approximate surface area is 261 Å². The highest BCUT2D eigenvalue weighted by molar-refractivity contribution is 5.96. The number of imidazole rings is 1. The van der Waals surface area contributed by atoms with Gasteiger partial charge in [-0.2, -0.15) is 0 Å². The van der Waals surface area contributed by atoms with Crippen molar-refractivity contribution in [2.45, 2.75) is 65.7 Å². The number of benzene rings is 4. The Morgan fingerprint density at radius 2 is 1.23 bits per heavy atom. The molecule has 0 fully saturated rings. The molecule has 0 bridgehead atoms. The molecule has 4 heteroatoms. The lowest BCUT2D eigenvalue weighted by molar-refractivity contribution is 0.477. The van der Waals surface area contributed by atoms with Crippen LogP contribution < -0.4 is 0 Å². The molecule has 6 aromatic rings. The van der Waals surface area contributed by atoms with Crippen molar-refractivity contribution >= 4 is 10.8 Å². The van der Waals surface area contributed by atoms with Crippen molar-refractivity contribution in [1.29, 1.82) is 0 Å². The number of hydrogen-bond acceptors (Lipinski definition) is 3. The second kappa shape index (κ2) is 11.4. The van der Waals surface area contributed by atoms with E-state index >= 15 is 0 Å². The Morgan fingerprint density at radius 3 is 1.91 bits per heavy atom. The van der Waals surface area contributed by atoms with Gasteiger partial charge in [0.2, 0.25) is 0 Å². The minimum atomic E-state index is -0.147. The van der Waals surface area contributed by atoms with E-state index < -0.39 is 0 Å². The third kappa shape index (κ3) is 5.41. The van der Waals surface area contributed by atoms with Gasteiger partial charge in [0.15, 0.2) is 5.82 Å². The van der Waals surface area contributed by atoms with Crippen LogP contribution in [0.1, 0.15) is 77.0 Å². The number of hydrogen-bond donors (Lipinski definition) is 1. The van der Waals surface area contributed by atoms with Gasteiger partial charge in [-0.05, 0) is 69.0 Å². The molecule has 4 nitrogen and oxygen atoms in total. The summed E-state index contributed by atoms with van der Waals surface area (Å²) in [7, 11) is 0. The fourth-order valence-electron chi connectivity index (χ4n) is 6.01. The Bertz CT molecular complexity index is 1940. The van der Waals surface area contributed by atoms with E-state index in [1.165, 1.54) is 27.6 Å². The minimum Gasteiger partial charge on any atom is -0.507 e. The van der Waals surface area contributed by atoms with Gasteiger partial charge in [-0.1, -0.05) is 121 Å². The van der Waals surface area contributed by atoms with Crippen molar-refractivity contribution in [3.05, 3.63) is 120 Å². The van der Waals surface area contributed by atoms with Crippen LogP contribution in [0, 0.1) is 0 Å². The maximum absolute atomic E-state index is 10.8. The van der Waals surface area contributed by atoms with Gasteiger partial charge in [0.05, 0.1) is 17.1 Å². The molecule has 0 atom stereocenters. The fourth-order valence-corrected chi connectivity index (χ4v) is 6.01. The molecule has 0 saturated carbocycles. The molecule has 1 N–H and O–H groups in total. The van der Waals surface area contributed by atoms with E-state index in [0.717, 1.165) is 34.0 Å². The number of aromatic nitrogens is 3. The van der Waals surface area contributed by atoms with Crippen molar-refractivity contribution < 1.29 is 5.11 Å². The maximum atomic E-state index is 10.8. The normalized spacial score (nSPS) is 12.0. The van der Waals surface area contributed by atoms with Gasteiger partial charge >= 0.3 is 0 Å². The lowest BCUT2D eigenvalue weighted by Gasteiger charge is -2.23. The first-order chi connectivity index (χ1) is 21.0. The van der Waals surface area contributed by atoms with Crippen LogP contribution in [0.5, 0.6) is 5.75 Å². The van der Waals surface area contributed by atoms with Crippen molar-refractivity contribution in [3.63, 3.8) is 0 Å². The first-order valence-corrected chi connectivity index (χ1v) is 15.5. The number of fused-ring (bicyclic) bond motifs is 1. The maximum Gasteiger partial charge on any atom is 0.163 e. The molecule has 0 aliphatic rings. The average molecular weight is 580 g/mol. The van der Waals surface area contributed by atoms with Crippen LogP contribution in [0.3, 0.4) is 0 Å². The Balaban J connectivity index is 1.71. The SMILES string of the molecule is CC(C)c1cccc(C(C)C)c1-n1cc(-c2cccc3ccccc23)nc1-c1cc(C(C)(C)C)cc(-c2ccccc2O)n1. The molecule has 0 amide bonds. The van der Waals surface area contributed by atoms with Gasteiger partial charge in [0.1, 0.15) is 11.4 Å². The van der Waals surface area contributed by atoms with Crippen LogP contribution in [0.25, 0.3) is 50.5 Å². The van der Waals surface area contributed by atoms with Crippen molar-refractivity contribution in [1.82, 2.24) is 14.5 Å². The van der Waals surface area contributed by atoms with Crippen molar-refractivity contribution in [3.8, 4) is 45.5 Å². The zero-order valence-electron chi connectivity index (χ0n) is 26.8. The van der Waals surface area contributed by atoms with Crippen LogP contribution in [0.4, 0.5) is 0 Å². The van der Waals surface area contributed by atoms with Gasteiger partial charge in [-0.25, -0.2) is 9.97 Å². The first-order valence-electron chi connectivity index (χ1n) is 15.5. The average Bonchev–Trinajstić information content (AvgIpc) is 3.45. The predicted molar refractivity (Wildman–Crippen MR) is 184 cm³/mol. The second-order valence-electron chi connectivity index (χ2n) is 13.3. The highest BCUT2D eigenvalue weighted by Gasteiger charge is 2.25. The minimum absolute atomic E-state index is 0.147. The highest BCUT2D eigenvalue weighted by atomic mass is 16.3. The quantitative estimate of drug-likeness (QED) is 0.213. The number of pyridine rings is 1. The molecule has 6 rings (SSSR count). The van der Waals surface area contributed by atoms with Gasteiger partial charge < -0.3 is 5.11 Å². The summed E-state index contributed by atoms with van der Waals surface area (Å²) in [5.74, 6) is 1.62. The van der Waals surface area contributed by atoms with Crippen LogP contribution >= 0.6 is 0 Å². The number of nitrogens with zero attached hydrogens (tertiary/aromatic N) is 3. The Hall–Kier alpha value is -4.70. The number of phenolic OH excluding ortho intramolecular Hbond substituents is 1. The lowest BCUT2D eigenvalue weighted by Crippen LogP contribution is -2.13. The predicted octanol–water partition coefficient (Wildman–Crippen LogP) is 10.7. The summed E-state index contributed by atoms with van der Waals surface area (Å²) in [5, 5.41) is 13.2. The van der Waals surface area contributed by atoms with E-state index in [0.29, 0.717) is 17.4 Å². The molecular weight excluding hydrogens is 538 g/mol. The second-order valence-corrected chi connectivity index (χ2v) is 13.3. The van der Waals surface area contributed by atoms with Crippen LogP contribution in [0.2, 0.25) is 0 Å². The summed E-state index contributed by atoms with van der Waals surface area (Å²) in [5.41, 5.74) is 8.88. The summed E-state index contributed by atoms with van der Waals surface area (Å²) in [4.78, 5) is 10.6. The third-order valence-electron chi connectivity index (χ3n) is 8.46. The van der Waals surface area contributed by atoms with Crippen molar-refractivity contribution in [2.75, 3.05) is 0 Å². The van der Waals surface area contributed by atoms with Gasteiger partial charge in [-0.15, -0.1) is 0 Å². The third-order valence-corrected chi connectivity index (χ3v) is 8.46. The largest absolute Gasteiger partial charge is 0.507 e. The zero-order valence-corrected chi connectivity index (χ0v) is 26.8. The molecule has 222 valence electrons. The summed E-state index contributed by atoms with van der Waals surface area (Å²) >= 11 is 0. The molecule has 0 aliphatic carbocycles. The Morgan fingerprint density at radius 1 is 0.636 bits per heavy atom. The number of rotatable bonds is 6. The van der Waals surface area contributed by atoms with E-state index in [2.05, 4.69) is 132 Å². The topological polar surface area (TPSA) is 50.9 Å². The van der Waals surface area contributed by atoms with E-state index in [1.807, 2.05) is 18.2 Å². The fraction of sp³-hybridized carbons (Fsp3) is 0.250. The Kier molecular flexibility index (Phi) is 7.63. The van der Waals surface area contributed by atoms with Crippen LogP contribution in [-0.2, 0) is 5.41 Å². The molecule has 44 heavy (non-hydrogen) atoms. The molecule has 0 radical (unpaired) electrons. The molecule has 0 saturated heterocycles. The van der Waals surface area contributed by atoms with Crippen LogP contribution in [0.15, 0.2) is 103 Å². The monoisotopic (exact) mass is 579 g/mol. The number of phenols is 1. The van der Waals surface area contributed by atoms with E-state index in [9.17, 15) is 5.11 Å². The standard InChI is InChI=1S/C40H41N3O/c1-25(2)29-18-13-19-30(26(3)4)38(29)43-24-36(32-20-12-15-27-14-8-9-16-31(27)32)42-39(43)35-23-28(40(5,6)7)22-34(41-35)33-17-10-11-21-37(33)44/h8-26,44H,1-7H3. The molecule has 0 aliphatic heterocycles. The molecule has 0 spiro atoms. The smallest absolute Gasteiger partial charge is 0.163 e. The number of aromatic hydroxyl groups is 1. The molecule has 0 unspecified atom stereocenters. The van der Waals surface area contributed by atoms with Crippen molar-refractivity contribution in [2.24, 2.45) is 0 Å². The molecule has 2 heterocycles. The summed E-state index contributed by atoms with van der Waals surface area (Å²) < 4.78 is 2.27. The molecular formula is C40H41N3O. The van der Waals surface area contributed by atoms with Crippen LogP contribution in [-0.4, -0.2) is 19.6 Å².